The van der Waals surface area contributed by atoms with Gasteiger partial charge in [0, 0.05) is 31.5 Å². The molecule has 144 valence electrons. The molecule has 0 unspecified atom stereocenters. The highest BCUT2D eigenvalue weighted by Gasteiger charge is 2.20. The summed E-state index contributed by atoms with van der Waals surface area (Å²) in [7, 11) is 0. The van der Waals surface area contributed by atoms with Crippen molar-refractivity contribution in [1.29, 1.82) is 0 Å². The van der Waals surface area contributed by atoms with E-state index in [2.05, 4.69) is 24.1 Å². The standard InChI is InChI=1S/C21H31FN2O2/c1-16(2)15-24-12-10-17(11-13-24)14-23-21(26)5-3-4-20(25)18-6-8-19(22)9-7-18/h6-9,16-17H,3-5,10-15H2,1-2H3,(H,23,26). The molecule has 0 aliphatic carbocycles. The van der Waals surface area contributed by atoms with Gasteiger partial charge in [0.1, 0.15) is 5.82 Å². The van der Waals surface area contributed by atoms with Gasteiger partial charge in [0.15, 0.2) is 5.78 Å². The van der Waals surface area contributed by atoms with Crippen molar-refractivity contribution in [2.45, 2.75) is 46.0 Å². The maximum Gasteiger partial charge on any atom is 0.220 e. The number of ketones is 1. The predicted molar refractivity (Wildman–Crippen MR) is 102 cm³/mol. The van der Waals surface area contributed by atoms with Crippen molar-refractivity contribution >= 4 is 11.7 Å². The summed E-state index contributed by atoms with van der Waals surface area (Å²) in [6, 6.07) is 5.55. The molecular weight excluding hydrogens is 331 g/mol. The second-order valence-corrected chi connectivity index (χ2v) is 7.73. The van der Waals surface area contributed by atoms with Crippen LogP contribution in [0.25, 0.3) is 0 Å². The van der Waals surface area contributed by atoms with Gasteiger partial charge in [-0.1, -0.05) is 13.8 Å². The first-order chi connectivity index (χ1) is 12.4. The summed E-state index contributed by atoms with van der Waals surface area (Å²) in [5.74, 6) is 0.875. The number of carbonyl (C=O) groups is 2. The summed E-state index contributed by atoms with van der Waals surface area (Å²) >= 11 is 0. The average molecular weight is 362 g/mol. The van der Waals surface area contributed by atoms with E-state index in [9.17, 15) is 14.0 Å². The minimum atomic E-state index is -0.351. The van der Waals surface area contributed by atoms with Gasteiger partial charge in [0.05, 0.1) is 0 Å². The molecule has 0 atom stereocenters. The maximum absolute atomic E-state index is 12.9. The van der Waals surface area contributed by atoms with Crippen molar-refractivity contribution in [2.75, 3.05) is 26.2 Å². The monoisotopic (exact) mass is 362 g/mol. The third-order valence-corrected chi connectivity index (χ3v) is 4.89. The second kappa shape index (κ2) is 10.4. The Balaban J connectivity index is 1.58. The van der Waals surface area contributed by atoms with Crippen molar-refractivity contribution in [2.24, 2.45) is 11.8 Å². The van der Waals surface area contributed by atoms with E-state index in [-0.39, 0.29) is 17.5 Å². The SMILES string of the molecule is CC(C)CN1CCC(CNC(=O)CCCC(=O)c2ccc(F)cc2)CC1. The molecule has 5 heteroatoms. The van der Waals surface area contributed by atoms with Crippen molar-refractivity contribution in [3.8, 4) is 0 Å². The van der Waals surface area contributed by atoms with Gasteiger partial charge in [0.2, 0.25) is 5.91 Å². The number of hydrogen-bond acceptors (Lipinski definition) is 3. The number of likely N-dealkylation sites (tertiary alicyclic amines) is 1. The van der Waals surface area contributed by atoms with Crippen LogP contribution >= 0.6 is 0 Å². The number of Topliss-reactive ketones (excluding diaryl/α,β-unsaturated/α-hetero) is 1. The van der Waals surface area contributed by atoms with Gasteiger partial charge in [-0.15, -0.1) is 0 Å². The minimum absolute atomic E-state index is 0.0153. The maximum atomic E-state index is 12.9. The van der Waals surface area contributed by atoms with E-state index >= 15 is 0 Å². The highest BCUT2D eigenvalue weighted by Crippen LogP contribution is 2.17. The Hall–Kier alpha value is -1.75. The van der Waals surface area contributed by atoms with Gasteiger partial charge in [-0.25, -0.2) is 4.39 Å². The Morgan fingerprint density at radius 3 is 2.42 bits per heavy atom. The molecule has 1 aliphatic rings. The van der Waals surface area contributed by atoms with Crippen LogP contribution in [0, 0.1) is 17.7 Å². The van der Waals surface area contributed by atoms with E-state index in [4.69, 9.17) is 0 Å². The molecule has 0 aromatic heterocycles. The Morgan fingerprint density at radius 2 is 1.81 bits per heavy atom. The third kappa shape index (κ3) is 7.24. The number of carbonyl (C=O) groups excluding carboxylic acids is 2. The fourth-order valence-corrected chi connectivity index (χ4v) is 3.43. The van der Waals surface area contributed by atoms with Crippen LogP contribution in [0.2, 0.25) is 0 Å². The summed E-state index contributed by atoms with van der Waals surface area (Å²) in [6.45, 7) is 8.61. The topological polar surface area (TPSA) is 49.4 Å². The Morgan fingerprint density at radius 1 is 1.15 bits per heavy atom. The van der Waals surface area contributed by atoms with E-state index in [1.807, 2.05) is 0 Å². The summed E-state index contributed by atoms with van der Waals surface area (Å²) in [5, 5.41) is 3.01. The van der Waals surface area contributed by atoms with E-state index in [0.717, 1.165) is 39.0 Å². The first kappa shape index (κ1) is 20.6. The number of nitrogens with one attached hydrogen (secondary N) is 1. The van der Waals surface area contributed by atoms with Crippen LogP contribution in [-0.2, 0) is 4.79 Å². The van der Waals surface area contributed by atoms with Crippen LogP contribution in [0.5, 0.6) is 0 Å². The van der Waals surface area contributed by atoms with Gasteiger partial charge in [-0.05, 0) is 68.5 Å². The second-order valence-electron chi connectivity index (χ2n) is 7.73. The highest BCUT2D eigenvalue weighted by atomic mass is 19.1. The van der Waals surface area contributed by atoms with Crippen molar-refractivity contribution < 1.29 is 14.0 Å². The molecule has 0 saturated carbocycles. The average Bonchev–Trinajstić information content (AvgIpc) is 2.61. The van der Waals surface area contributed by atoms with Crippen LogP contribution in [0.4, 0.5) is 4.39 Å². The number of nitrogens with zero attached hydrogens (tertiary/aromatic N) is 1. The first-order valence-electron chi connectivity index (χ1n) is 9.72. The van der Waals surface area contributed by atoms with Crippen LogP contribution in [0.1, 0.15) is 56.3 Å². The molecule has 0 spiro atoms. The lowest BCUT2D eigenvalue weighted by molar-refractivity contribution is -0.121. The largest absolute Gasteiger partial charge is 0.356 e. The number of halogens is 1. The molecule has 1 saturated heterocycles. The zero-order valence-corrected chi connectivity index (χ0v) is 16.0. The first-order valence-corrected chi connectivity index (χ1v) is 9.72. The number of amides is 1. The minimum Gasteiger partial charge on any atom is -0.356 e. The van der Waals surface area contributed by atoms with Crippen LogP contribution in [-0.4, -0.2) is 42.8 Å². The summed E-state index contributed by atoms with van der Waals surface area (Å²) in [5.41, 5.74) is 0.500. The normalized spacial score (nSPS) is 16.0. The highest BCUT2D eigenvalue weighted by molar-refractivity contribution is 5.96. The molecule has 26 heavy (non-hydrogen) atoms. The Kier molecular flexibility index (Phi) is 8.23. The fourth-order valence-electron chi connectivity index (χ4n) is 3.43. The summed E-state index contributed by atoms with van der Waals surface area (Å²) in [6.07, 6.45) is 3.47. The molecule has 0 bridgehead atoms. The fraction of sp³-hybridized carbons (Fsp3) is 0.619. The molecule has 1 fully saturated rings. The number of rotatable bonds is 9. The lowest BCUT2D eigenvalue weighted by Gasteiger charge is -2.33. The summed E-state index contributed by atoms with van der Waals surface area (Å²) < 4.78 is 12.9. The quantitative estimate of drug-likeness (QED) is 0.682. The lowest BCUT2D eigenvalue weighted by Crippen LogP contribution is -2.40. The Labute approximate surface area is 156 Å². The van der Waals surface area contributed by atoms with Crippen molar-refractivity contribution in [3.05, 3.63) is 35.6 Å². The molecule has 0 radical (unpaired) electrons. The third-order valence-electron chi connectivity index (χ3n) is 4.89. The number of piperidine rings is 1. The van der Waals surface area contributed by atoms with Gasteiger partial charge in [0.25, 0.3) is 0 Å². The Bertz CT molecular complexity index is 578. The molecule has 1 aromatic carbocycles. The number of hydrogen-bond donors (Lipinski definition) is 1. The molecule has 1 aromatic rings. The van der Waals surface area contributed by atoms with Crippen LogP contribution < -0.4 is 5.32 Å². The van der Waals surface area contributed by atoms with Gasteiger partial charge in [-0.2, -0.15) is 0 Å². The molecule has 1 heterocycles. The van der Waals surface area contributed by atoms with Crippen LogP contribution in [0.3, 0.4) is 0 Å². The molecular formula is C21H31FN2O2. The van der Waals surface area contributed by atoms with E-state index < -0.39 is 0 Å². The summed E-state index contributed by atoms with van der Waals surface area (Å²) in [4.78, 5) is 26.5. The van der Waals surface area contributed by atoms with Crippen LogP contribution in [0.15, 0.2) is 24.3 Å². The van der Waals surface area contributed by atoms with Gasteiger partial charge < -0.3 is 10.2 Å². The predicted octanol–water partition coefficient (Wildman–Crippen LogP) is 3.66. The number of benzene rings is 1. The van der Waals surface area contributed by atoms with Crippen molar-refractivity contribution in [1.82, 2.24) is 10.2 Å². The van der Waals surface area contributed by atoms with E-state index in [1.165, 1.54) is 24.3 Å². The van der Waals surface area contributed by atoms with E-state index in [1.54, 1.807) is 0 Å². The van der Waals surface area contributed by atoms with Gasteiger partial charge in [-0.3, -0.25) is 9.59 Å². The molecule has 2 rings (SSSR count). The molecule has 4 nitrogen and oxygen atoms in total. The lowest BCUT2D eigenvalue weighted by atomic mass is 9.96. The molecule has 1 aliphatic heterocycles. The van der Waals surface area contributed by atoms with E-state index in [0.29, 0.717) is 36.7 Å². The molecule has 1 N–H and O–H groups in total. The molecule has 1 amide bonds. The zero-order chi connectivity index (χ0) is 18.9. The van der Waals surface area contributed by atoms with Crippen molar-refractivity contribution in [3.63, 3.8) is 0 Å². The zero-order valence-electron chi connectivity index (χ0n) is 16.0. The van der Waals surface area contributed by atoms with Gasteiger partial charge >= 0.3 is 0 Å². The smallest absolute Gasteiger partial charge is 0.220 e.